The first kappa shape index (κ1) is 12.8. The topological polar surface area (TPSA) is 15.3 Å². The molecule has 1 saturated heterocycles. The minimum absolute atomic E-state index is 0.622. The molecule has 2 aliphatic heterocycles. The van der Waals surface area contributed by atoms with Crippen molar-refractivity contribution in [3.63, 3.8) is 0 Å². The largest absolute Gasteiger partial charge is 0.382 e. The molecule has 2 heterocycles. The minimum Gasteiger partial charge on any atom is -0.382 e. The van der Waals surface area contributed by atoms with E-state index in [0.717, 1.165) is 6.04 Å². The van der Waals surface area contributed by atoms with Gasteiger partial charge in [-0.3, -0.25) is 0 Å². The van der Waals surface area contributed by atoms with E-state index in [4.69, 9.17) is 0 Å². The monoisotopic (exact) mass is 258 g/mol. The highest BCUT2D eigenvalue weighted by molar-refractivity contribution is 5.62. The van der Waals surface area contributed by atoms with Crippen molar-refractivity contribution >= 4 is 11.4 Å². The summed E-state index contributed by atoms with van der Waals surface area (Å²) >= 11 is 0. The molecule has 2 heteroatoms. The van der Waals surface area contributed by atoms with E-state index in [9.17, 15) is 0 Å². The summed E-state index contributed by atoms with van der Waals surface area (Å²) in [4.78, 5) is 2.64. The maximum absolute atomic E-state index is 3.60. The third kappa shape index (κ3) is 2.58. The number of nitrogens with zero attached hydrogens (tertiary/aromatic N) is 1. The summed E-state index contributed by atoms with van der Waals surface area (Å²) in [5.41, 5.74) is 4.31. The highest BCUT2D eigenvalue weighted by Gasteiger charge is 2.22. The first-order valence-corrected chi connectivity index (χ1v) is 7.94. The second kappa shape index (κ2) is 5.44. The van der Waals surface area contributed by atoms with Gasteiger partial charge in [-0.15, -0.1) is 0 Å². The molecule has 0 bridgehead atoms. The van der Waals surface area contributed by atoms with Crippen LogP contribution in [0, 0.1) is 0 Å². The summed E-state index contributed by atoms with van der Waals surface area (Å²) in [7, 11) is 0. The fraction of sp³-hybridized carbons (Fsp3) is 0.647. The van der Waals surface area contributed by atoms with Gasteiger partial charge in [0, 0.05) is 30.0 Å². The van der Waals surface area contributed by atoms with Gasteiger partial charge >= 0.3 is 0 Å². The fourth-order valence-electron chi connectivity index (χ4n) is 3.58. The van der Waals surface area contributed by atoms with Crippen LogP contribution in [0.15, 0.2) is 18.2 Å². The Balaban J connectivity index is 1.85. The van der Waals surface area contributed by atoms with Crippen LogP contribution in [-0.4, -0.2) is 18.6 Å². The molecular formula is C17H26N2. The summed E-state index contributed by atoms with van der Waals surface area (Å²) < 4.78 is 0. The van der Waals surface area contributed by atoms with Crippen LogP contribution in [-0.2, 0) is 6.42 Å². The summed E-state index contributed by atoms with van der Waals surface area (Å²) in [6.07, 6.45) is 7.87. The van der Waals surface area contributed by atoms with Gasteiger partial charge in [0.15, 0.2) is 0 Å². The molecule has 2 aliphatic rings. The Morgan fingerprint density at radius 2 is 2.16 bits per heavy atom. The average molecular weight is 258 g/mol. The van der Waals surface area contributed by atoms with Gasteiger partial charge in [-0.25, -0.2) is 0 Å². The van der Waals surface area contributed by atoms with E-state index in [1.165, 1.54) is 62.0 Å². The van der Waals surface area contributed by atoms with Crippen LogP contribution in [0.4, 0.5) is 11.4 Å². The van der Waals surface area contributed by atoms with Crippen LogP contribution >= 0.6 is 0 Å². The zero-order chi connectivity index (χ0) is 13.2. The molecule has 0 amide bonds. The Kier molecular flexibility index (Phi) is 3.67. The van der Waals surface area contributed by atoms with Gasteiger partial charge in [0.05, 0.1) is 0 Å². The number of benzene rings is 1. The van der Waals surface area contributed by atoms with Crippen LogP contribution in [0.3, 0.4) is 0 Å². The van der Waals surface area contributed by atoms with E-state index in [0.29, 0.717) is 6.04 Å². The summed E-state index contributed by atoms with van der Waals surface area (Å²) in [6.45, 7) is 5.83. The molecular weight excluding hydrogens is 232 g/mol. The molecule has 19 heavy (non-hydrogen) atoms. The molecule has 2 atom stereocenters. The van der Waals surface area contributed by atoms with Crippen molar-refractivity contribution in [2.75, 3.05) is 16.8 Å². The van der Waals surface area contributed by atoms with Gasteiger partial charge in [0.1, 0.15) is 0 Å². The van der Waals surface area contributed by atoms with Crippen molar-refractivity contribution in [2.24, 2.45) is 0 Å². The average Bonchev–Trinajstić information content (AvgIpc) is 2.46. The molecule has 1 aromatic rings. The fourth-order valence-corrected chi connectivity index (χ4v) is 3.58. The van der Waals surface area contributed by atoms with Crippen LogP contribution in [0.2, 0.25) is 0 Å². The first-order valence-electron chi connectivity index (χ1n) is 7.94. The molecule has 0 aliphatic carbocycles. The van der Waals surface area contributed by atoms with Crippen molar-refractivity contribution in [1.29, 1.82) is 0 Å². The van der Waals surface area contributed by atoms with Crippen molar-refractivity contribution in [3.05, 3.63) is 23.8 Å². The number of nitrogens with one attached hydrogen (secondary N) is 1. The number of anilines is 2. The second-order valence-corrected chi connectivity index (χ2v) is 6.18. The lowest BCUT2D eigenvalue weighted by Crippen LogP contribution is -2.39. The number of hydrogen-bond donors (Lipinski definition) is 1. The van der Waals surface area contributed by atoms with Gasteiger partial charge in [-0.05, 0) is 69.2 Å². The van der Waals surface area contributed by atoms with E-state index in [1.807, 2.05) is 0 Å². The maximum Gasteiger partial charge on any atom is 0.0376 e. The molecule has 2 unspecified atom stereocenters. The molecule has 2 nitrogen and oxygen atoms in total. The molecule has 1 fully saturated rings. The lowest BCUT2D eigenvalue weighted by molar-refractivity contribution is 0.450. The summed E-state index contributed by atoms with van der Waals surface area (Å²) in [5.74, 6) is 0. The Morgan fingerprint density at radius 3 is 3.00 bits per heavy atom. The normalized spacial score (nSPS) is 26.7. The minimum atomic E-state index is 0.622. The van der Waals surface area contributed by atoms with E-state index in [1.54, 1.807) is 0 Å². The smallest absolute Gasteiger partial charge is 0.0376 e. The molecule has 0 radical (unpaired) electrons. The Morgan fingerprint density at radius 1 is 1.26 bits per heavy atom. The quantitative estimate of drug-likeness (QED) is 0.855. The number of hydrogen-bond acceptors (Lipinski definition) is 2. The Labute approximate surface area is 117 Å². The maximum atomic E-state index is 3.60. The molecule has 0 spiro atoms. The number of fused-ring (bicyclic) bond motifs is 1. The molecule has 3 rings (SSSR count). The van der Waals surface area contributed by atoms with Crippen molar-refractivity contribution in [2.45, 2.75) is 64.5 Å². The third-order valence-electron chi connectivity index (χ3n) is 4.77. The van der Waals surface area contributed by atoms with Gasteiger partial charge in [-0.2, -0.15) is 0 Å². The van der Waals surface area contributed by atoms with Crippen LogP contribution in [0.1, 0.15) is 51.5 Å². The number of rotatable bonds is 2. The second-order valence-electron chi connectivity index (χ2n) is 6.18. The molecule has 1 N–H and O–H groups in total. The highest BCUT2D eigenvalue weighted by atomic mass is 15.2. The van der Waals surface area contributed by atoms with Gasteiger partial charge in [-0.1, -0.05) is 6.92 Å². The van der Waals surface area contributed by atoms with Gasteiger partial charge in [0.2, 0.25) is 0 Å². The van der Waals surface area contributed by atoms with Crippen LogP contribution < -0.4 is 10.2 Å². The molecule has 0 aromatic heterocycles. The SMILES string of the molecule is CCC1CCCCN1c1ccc2c(c1)CCC(C)N2. The lowest BCUT2D eigenvalue weighted by Gasteiger charge is -2.38. The van der Waals surface area contributed by atoms with Crippen LogP contribution in [0.5, 0.6) is 0 Å². The van der Waals surface area contributed by atoms with E-state index >= 15 is 0 Å². The zero-order valence-electron chi connectivity index (χ0n) is 12.3. The lowest BCUT2D eigenvalue weighted by atomic mass is 9.95. The highest BCUT2D eigenvalue weighted by Crippen LogP contribution is 2.32. The van der Waals surface area contributed by atoms with Gasteiger partial charge in [0.25, 0.3) is 0 Å². The van der Waals surface area contributed by atoms with Crippen LogP contribution in [0.25, 0.3) is 0 Å². The van der Waals surface area contributed by atoms with Crippen molar-refractivity contribution < 1.29 is 0 Å². The molecule has 1 aromatic carbocycles. The third-order valence-corrected chi connectivity index (χ3v) is 4.77. The van der Waals surface area contributed by atoms with Crippen molar-refractivity contribution in [3.8, 4) is 0 Å². The van der Waals surface area contributed by atoms with Gasteiger partial charge < -0.3 is 10.2 Å². The van der Waals surface area contributed by atoms with E-state index in [-0.39, 0.29) is 0 Å². The number of aryl methyl sites for hydroxylation is 1. The number of piperidine rings is 1. The standard InChI is InChI=1S/C17H26N2/c1-3-15-6-4-5-11-19(15)16-9-10-17-14(12-16)8-7-13(2)18-17/h9-10,12-13,15,18H,3-8,11H2,1-2H3. The summed E-state index contributed by atoms with van der Waals surface area (Å²) in [5, 5.41) is 3.60. The van der Waals surface area contributed by atoms with E-state index < -0.39 is 0 Å². The Hall–Kier alpha value is -1.18. The zero-order valence-corrected chi connectivity index (χ0v) is 12.3. The molecule has 104 valence electrons. The predicted octanol–water partition coefficient (Wildman–Crippen LogP) is 4.20. The first-order chi connectivity index (χ1) is 9.28. The summed E-state index contributed by atoms with van der Waals surface area (Å²) in [6, 6.07) is 8.42. The van der Waals surface area contributed by atoms with E-state index in [2.05, 4.69) is 42.3 Å². The molecule has 0 saturated carbocycles. The van der Waals surface area contributed by atoms with Crippen molar-refractivity contribution in [1.82, 2.24) is 0 Å². The predicted molar refractivity (Wildman–Crippen MR) is 83.1 cm³/mol. The Bertz CT molecular complexity index is 441.